The number of hydrogen-bond acceptors (Lipinski definition) is 7. The van der Waals surface area contributed by atoms with E-state index in [1.165, 1.54) is 0 Å². The molecule has 0 bridgehead atoms. The number of thiocarbonyl (C=S) groups is 1. The number of rotatable bonds is 5. The molecule has 9 heteroatoms. The highest BCUT2D eigenvalue weighted by molar-refractivity contribution is 7.80. The van der Waals surface area contributed by atoms with Gasteiger partial charge in [-0.25, -0.2) is 4.98 Å². The predicted octanol–water partition coefficient (Wildman–Crippen LogP) is 1.20. The van der Waals surface area contributed by atoms with Gasteiger partial charge in [0, 0.05) is 33.4 Å². The number of nitrogens with two attached hydrogens (primary N) is 1. The van der Waals surface area contributed by atoms with Crippen molar-refractivity contribution in [1.29, 1.82) is 0 Å². The highest BCUT2D eigenvalue weighted by Crippen LogP contribution is 2.33. The van der Waals surface area contributed by atoms with Crippen molar-refractivity contribution in [2.45, 2.75) is 18.4 Å². The van der Waals surface area contributed by atoms with E-state index in [1.54, 1.807) is 12.4 Å². The van der Waals surface area contributed by atoms with E-state index in [-0.39, 0.29) is 5.11 Å². The van der Waals surface area contributed by atoms with Crippen molar-refractivity contribution >= 4 is 35.3 Å². The van der Waals surface area contributed by atoms with Crippen LogP contribution in [-0.4, -0.2) is 53.6 Å². The summed E-state index contributed by atoms with van der Waals surface area (Å²) in [7, 11) is 3.82. The number of aromatic nitrogens is 2. The van der Waals surface area contributed by atoms with Crippen molar-refractivity contribution in [2.75, 3.05) is 37.0 Å². The van der Waals surface area contributed by atoms with Crippen LogP contribution in [0.5, 0.6) is 0 Å². The van der Waals surface area contributed by atoms with Gasteiger partial charge >= 0.3 is 0 Å². The SMILES string of the molecule is CN(C)c1nc(N2CCC(O)(c3ccccc3)CC2)ncc1C=NNC(N)=S. The van der Waals surface area contributed by atoms with E-state index in [2.05, 4.69) is 20.4 Å². The molecule has 0 aliphatic carbocycles. The standard InChI is InChI=1S/C19H25N7OS/c1-25(2)16-14(13-22-24-17(20)28)12-21-18(23-16)26-10-8-19(27,9-11-26)15-6-4-3-5-7-15/h3-7,12-13,27H,8-11H2,1-2H3,(H3,20,24,28). The van der Waals surface area contributed by atoms with E-state index in [0.717, 1.165) is 16.9 Å². The molecule has 1 aliphatic rings. The zero-order chi connectivity index (χ0) is 20.1. The summed E-state index contributed by atoms with van der Waals surface area (Å²) in [6.45, 7) is 1.35. The first-order chi connectivity index (χ1) is 13.4. The van der Waals surface area contributed by atoms with Gasteiger partial charge in [0.15, 0.2) is 5.11 Å². The molecule has 148 valence electrons. The van der Waals surface area contributed by atoms with Gasteiger partial charge in [-0.3, -0.25) is 5.43 Å². The highest BCUT2D eigenvalue weighted by Gasteiger charge is 2.34. The van der Waals surface area contributed by atoms with Gasteiger partial charge in [0.1, 0.15) is 5.82 Å². The summed E-state index contributed by atoms with van der Waals surface area (Å²) in [4.78, 5) is 13.2. The Morgan fingerprint density at radius 2 is 2.00 bits per heavy atom. The lowest BCUT2D eigenvalue weighted by Crippen LogP contribution is -2.43. The number of benzene rings is 1. The van der Waals surface area contributed by atoms with Crippen LogP contribution in [0.1, 0.15) is 24.0 Å². The van der Waals surface area contributed by atoms with Crippen LogP contribution in [0.3, 0.4) is 0 Å². The minimum absolute atomic E-state index is 0.0967. The first-order valence-electron chi connectivity index (χ1n) is 9.05. The Balaban J connectivity index is 1.75. The number of nitrogens with one attached hydrogen (secondary N) is 1. The van der Waals surface area contributed by atoms with Gasteiger partial charge in [0.05, 0.1) is 17.4 Å². The van der Waals surface area contributed by atoms with Gasteiger partial charge in [-0.1, -0.05) is 30.3 Å². The van der Waals surface area contributed by atoms with Crippen molar-refractivity contribution in [1.82, 2.24) is 15.4 Å². The summed E-state index contributed by atoms with van der Waals surface area (Å²) < 4.78 is 0. The summed E-state index contributed by atoms with van der Waals surface area (Å²) in [5.41, 5.74) is 8.81. The van der Waals surface area contributed by atoms with E-state index in [1.807, 2.05) is 49.3 Å². The van der Waals surface area contributed by atoms with Gasteiger partial charge < -0.3 is 20.6 Å². The number of anilines is 2. The highest BCUT2D eigenvalue weighted by atomic mass is 32.1. The maximum Gasteiger partial charge on any atom is 0.227 e. The number of nitrogens with zero attached hydrogens (tertiary/aromatic N) is 5. The molecule has 8 nitrogen and oxygen atoms in total. The monoisotopic (exact) mass is 399 g/mol. The molecule has 2 heterocycles. The molecule has 28 heavy (non-hydrogen) atoms. The molecule has 1 aliphatic heterocycles. The zero-order valence-electron chi connectivity index (χ0n) is 16.0. The number of hydrogen-bond donors (Lipinski definition) is 3. The Morgan fingerprint density at radius 3 is 2.61 bits per heavy atom. The van der Waals surface area contributed by atoms with Crippen LogP contribution in [0.15, 0.2) is 41.6 Å². The Kier molecular flexibility index (Phi) is 6.05. The third kappa shape index (κ3) is 4.55. The van der Waals surface area contributed by atoms with Crippen LogP contribution in [0.2, 0.25) is 0 Å². The largest absolute Gasteiger partial charge is 0.385 e. The topological polar surface area (TPSA) is 103 Å². The normalized spacial score (nSPS) is 16.2. The van der Waals surface area contributed by atoms with Gasteiger partial charge in [-0.15, -0.1) is 0 Å². The van der Waals surface area contributed by atoms with E-state index < -0.39 is 5.60 Å². The maximum absolute atomic E-state index is 11.0. The minimum Gasteiger partial charge on any atom is -0.385 e. The molecule has 0 atom stereocenters. The summed E-state index contributed by atoms with van der Waals surface area (Å²) in [5.74, 6) is 1.38. The average Bonchev–Trinajstić information content (AvgIpc) is 2.69. The molecule has 0 unspecified atom stereocenters. The molecule has 4 N–H and O–H groups in total. The molecule has 1 aromatic carbocycles. The van der Waals surface area contributed by atoms with Crippen LogP contribution >= 0.6 is 12.2 Å². The van der Waals surface area contributed by atoms with E-state index in [0.29, 0.717) is 31.9 Å². The predicted molar refractivity (Wildman–Crippen MR) is 116 cm³/mol. The third-order valence-electron chi connectivity index (χ3n) is 4.77. The van der Waals surface area contributed by atoms with Crippen LogP contribution in [0.4, 0.5) is 11.8 Å². The minimum atomic E-state index is -0.805. The van der Waals surface area contributed by atoms with Gasteiger partial charge in [-0.05, 0) is 30.6 Å². The van der Waals surface area contributed by atoms with Crippen molar-refractivity contribution in [3.63, 3.8) is 0 Å². The molecular weight excluding hydrogens is 374 g/mol. The molecule has 0 radical (unpaired) electrons. The van der Waals surface area contributed by atoms with Crippen LogP contribution < -0.4 is 21.0 Å². The zero-order valence-corrected chi connectivity index (χ0v) is 16.9. The van der Waals surface area contributed by atoms with Crippen molar-refractivity contribution < 1.29 is 5.11 Å². The molecular formula is C19H25N7OS. The fourth-order valence-corrected chi connectivity index (χ4v) is 3.31. The number of aliphatic hydroxyl groups is 1. The second-order valence-corrected chi connectivity index (χ2v) is 7.40. The fourth-order valence-electron chi connectivity index (χ4n) is 3.25. The molecule has 0 saturated carbocycles. The first kappa shape index (κ1) is 20.0. The number of piperidine rings is 1. The van der Waals surface area contributed by atoms with Crippen LogP contribution in [0, 0.1) is 0 Å². The lowest BCUT2D eigenvalue weighted by Gasteiger charge is -2.38. The quantitative estimate of drug-likeness (QED) is 0.392. The molecule has 2 aromatic rings. The molecule has 1 aromatic heterocycles. The Labute approximate surface area is 170 Å². The Bertz CT molecular complexity index is 849. The Hall–Kier alpha value is -2.78. The van der Waals surface area contributed by atoms with Gasteiger partial charge in [-0.2, -0.15) is 10.1 Å². The lowest BCUT2D eigenvalue weighted by atomic mass is 9.84. The third-order valence-corrected chi connectivity index (χ3v) is 4.86. The van der Waals surface area contributed by atoms with Gasteiger partial charge in [0.25, 0.3) is 0 Å². The van der Waals surface area contributed by atoms with E-state index >= 15 is 0 Å². The van der Waals surface area contributed by atoms with Crippen molar-refractivity contribution in [3.8, 4) is 0 Å². The number of hydrazone groups is 1. The first-order valence-corrected chi connectivity index (χ1v) is 9.45. The van der Waals surface area contributed by atoms with Crippen molar-refractivity contribution in [3.05, 3.63) is 47.7 Å². The van der Waals surface area contributed by atoms with Crippen molar-refractivity contribution in [2.24, 2.45) is 10.8 Å². The van der Waals surface area contributed by atoms with Gasteiger partial charge in [0.2, 0.25) is 5.95 Å². The fraction of sp³-hybridized carbons (Fsp3) is 0.368. The molecule has 1 fully saturated rings. The second kappa shape index (κ2) is 8.49. The van der Waals surface area contributed by atoms with Crippen LogP contribution in [0.25, 0.3) is 0 Å². The molecule has 3 rings (SSSR count). The van der Waals surface area contributed by atoms with E-state index in [9.17, 15) is 5.11 Å². The van der Waals surface area contributed by atoms with Crippen LogP contribution in [-0.2, 0) is 5.60 Å². The molecule has 1 saturated heterocycles. The Morgan fingerprint density at radius 1 is 1.32 bits per heavy atom. The smallest absolute Gasteiger partial charge is 0.227 e. The summed E-state index contributed by atoms with van der Waals surface area (Å²) in [6.07, 6.45) is 4.56. The second-order valence-electron chi connectivity index (χ2n) is 6.96. The maximum atomic E-state index is 11.0. The van der Waals surface area contributed by atoms with E-state index in [4.69, 9.17) is 22.9 Å². The average molecular weight is 400 g/mol. The summed E-state index contributed by atoms with van der Waals surface area (Å²) >= 11 is 4.74. The lowest BCUT2D eigenvalue weighted by molar-refractivity contribution is 0.0115. The summed E-state index contributed by atoms with van der Waals surface area (Å²) in [5, 5.41) is 15.1. The molecule has 0 spiro atoms. The summed E-state index contributed by atoms with van der Waals surface area (Å²) in [6, 6.07) is 9.83. The molecule has 0 amide bonds.